The van der Waals surface area contributed by atoms with Crippen molar-refractivity contribution in [2.24, 2.45) is 11.1 Å². The zero-order valence-electron chi connectivity index (χ0n) is 18.7. The number of ether oxygens (including phenoxy) is 2. The highest BCUT2D eigenvalue weighted by atomic mass is 16.6. The van der Waals surface area contributed by atoms with Crippen molar-refractivity contribution in [2.45, 2.75) is 18.9 Å². The Labute approximate surface area is 198 Å². The fourth-order valence-electron chi connectivity index (χ4n) is 3.65. The van der Waals surface area contributed by atoms with Crippen LogP contribution in [0.25, 0.3) is 4.85 Å². The van der Waals surface area contributed by atoms with Crippen molar-refractivity contribution in [1.82, 2.24) is 0 Å². The van der Waals surface area contributed by atoms with Crippen LogP contribution in [0.5, 0.6) is 11.5 Å². The molecule has 7 nitrogen and oxygen atoms in total. The minimum atomic E-state index is -0.727. The summed E-state index contributed by atoms with van der Waals surface area (Å²) in [6, 6.07) is 22.3. The van der Waals surface area contributed by atoms with E-state index in [-0.39, 0.29) is 18.4 Å². The van der Waals surface area contributed by atoms with Gasteiger partial charge in [-0.2, -0.15) is 0 Å². The Hall–Kier alpha value is -4.31. The highest BCUT2D eigenvalue weighted by Crippen LogP contribution is 2.47. The maximum atomic E-state index is 11.0. The number of nitrogens with zero attached hydrogens (tertiary/aromatic N) is 2. The summed E-state index contributed by atoms with van der Waals surface area (Å²) in [5.74, 6) is 0.560. The molecule has 1 fully saturated rings. The van der Waals surface area contributed by atoms with Crippen LogP contribution in [0.15, 0.2) is 78.0 Å². The van der Waals surface area contributed by atoms with Gasteiger partial charge in [0.15, 0.2) is 5.69 Å². The zero-order valence-corrected chi connectivity index (χ0v) is 18.7. The molecule has 3 aromatic carbocycles. The summed E-state index contributed by atoms with van der Waals surface area (Å²) in [5.41, 5.74) is 4.04. The normalized spacial score (nSPS) is 16.9. The minimum absolute atomic E-state index is 0.117. The highest BCUT2D eigenvalue weighted by molar-refractivity contribution is 6.01. The van der Waals surface area contributed by atoms with Crippen molar-refractivity contribution in [3.05, 3.63) is 101 Å². The Balaban J connectivity index is 1.28. The van der Waals surface area contributed by atoms with Crippen molar-refractivity contribution >= 4 is 17.4 Å². The number of oxime groups is 1. The van der Waals surface area contributed by atoms with E-state index in [2.05, 4.69) is 10.0 Å². The average Bonchev–Trinajstić information content (AvgIpc) is 3.68. The standard InChI is InChI=1S/C27H24N2O5/c1-28-21-9-5-20(6-10-21)26(29-32-2)17-34-22-11-3-18(4-12-22)16-33-23-13-7-19(8-14-23)24-15-25(24)27(30)31/h3-14,24-25H,15-17H2,2H3,(H,30,31)/b29-26-. The third kappa shape index (κ3) is 5.73. The van der Waals surface area contributed by atoms with Crippen LogP contribution in [0, 0.1) is 12.5 Å². The van der Waals surface area contributed by atoms with Gasteiger partial charge < -0.3 is 19.4 Å². The predicted molar refractivity (Wildman–Crippen MR) is 127 cm³/mol. The molecule has 2 unspecified atom stereocenters. The number of carbonyl (C=O) groups is 1. The molecule has 0 aliphatic heterocycles. The Morgan fingerprint density at radius 2 is 1.65 bits per heavy atom. The van der Waals surface area contributed by atoms with Crippen LogP contribution < -0.4 is 9.47 Å². The van der Waals surface area contributed by atoms with Gasteiger partial charge in [0.05, 0.1) is 12.5 Å². The number of hydrogen-bond acceptors (Lipinski definition) is 5. The third-order valence-electron chi connectivity index (χ3n) is 5.65. The molecule has 1 saturated carbocycles. The molecule has 1 aliphatic rings. The first kappa shape index (κ1) is 22.9. The summed E-state index contributed by atoms with van der Waals surface area (Å²) < 4.78 is 11.7. The smallest absolute Gasteiger partial charge is 0.307 e. The van der Waals surface area contributed by atoms with Crippen molar-refractivity contribution in [1.29, 1.82) is 0 Å². The van der Waals surface area contributed by atoms with E-state index in [1.165, 1.54) is 7.11 Å². The van der Waals surface area contributed by atoms with Crippen LogP contribution in [0.4, 0.5) is 5.69 Å². The van der Waals surface area contributed by atoms with E-state index in [1.54, 1.807) is 12.1 Å². The number of aliphatic carboxylic acids is 1. The van der Waals surface area contributed by atoms with E-state index in [1.807, 2.05) is 60.7 Å². The van der Waals surface area contributed by atoms with E-state index >= 15 is 0 Å². The quantitative estimate of drug-likeness (QED) is 0.250. The Morgan fingerprint density at radius 3 is 2.24 bits per heavy atom. The molecular weight excluding hydrogens is 432 g/mol. The van der Waals surface area contributed by atoms with Gasteiger partial charge in [-0.25, -0.2) is 4.85 Å². The maximum Gasteiger partial charge on any atom is 0.307 e. The molecule has 34 heavy (non-hydrogen) atoms. The molecule has 1 N–H and O–H groups in total. The van der Waals surface area contributed by atoms with Crippen LogP contribution in [-0.4, -0.2) is 30.5 Å². The van der Waals surface area contributed by atoms with Gasteiger partial charge in [-0.3, -0.25) is 4.79 Å². The number of carboxylic acids is 1. The lowest BCUT2D eigenvalue weighted by atomic mass is 10.1. The summed E-state index contributed by atoms with van der Waals surface area (Å²) in [4.78, 5) is 19.4. The molecule has 3 aromatic rings. The molecule has 0 heterocycles. The third-order valence-corrected chi connectivity index (χ3v) is 5.65. The largest absolute Gasteiger partial charge is 0.489 e. The zero-order chi connectivity index (χ0) is 23.9. The molecule has 0 aromatic heterocycles. The van der Waals surface area contributed by atoms with Crippen molar-refractivity contribution in [3.8, 4) is 11.5 Å². The summed E-state index contributed by atoms with van der Waals surface area (Å²) in [6.07, 6.45) is 0.706. The molecule has 1 aliphatic carbocycles. The Kier molecular flexibility index (Phi) is 7.09. The summed E-state index contributed by atoms with van der Waals surface area (Å²) in [5, 5.41) is 13.1. The van der Waals surface area contributed by atoms with E-state index in [0.717, 1.165) is 22.4 Å². The van der Waals surface area contributed by atoms with E-state index in [0.29, 0.717) is 30.2 Å². The molecule has 4 rings (SSSR count). The monoisotopic (exact) mass is 456 g/mol. The topological polar surface area (TPSA) is 81.7 Å². The van der Waals surface area contributed by atoms with Crippen molar-refractivity contribution < 1.29 is 24.2 Å². The number of hydrogen-bond donors (Lipinski definition) is 1. The first-order valence-electron chi connectivity index (χ1n) is 10.8. The predicted octanol–water partition coefficient (Wildman–Crippen LogP) is 5.43. The second-order valence-corrected chi connectivity index (χ2v) is 7.96. The van der Waals surface area contributed by atoms with E-state index < -0.39 is 5.97 Å². The first-order valence-corrected chi connectivity index (χ1v) is 10.8. The fourth-order valence-corrected chi connectivity index (χ4v) is 3.65. The Bertz CT molecular complexity index is 1200. The van der Waals surface area contributed by atoms with Crippen molar-refractivity contribution in [2.75, 3.05) is 13.7 Å². The molecule has 0 bridgehead atoms. The molecule has 0 amide bonds. The van der Waals surface area contributed by atoms with Crippen molar-refractivity contribution in [3.63, 3.8) is 0 Å². The first-order chi connectivity index (χ1) is 16.6. The van der Waals surface area contributed by atoms with Gasteiger partial charge >= 0.3 is 5.97 Å². The van der Waals surface area contributed by atoms with Gasteiger partial charge in [0, 0.05) is 5.56 Å². The van der Waals surface area contributed by atoms with E-state index in [9.17, 15) is 4.79 Å². The van der Waals surface area contributed by atoms with Gasteiger partial charge in [-0.15, -0.1) is 0 Å². The maximum absolute atomic E-state index is 11.0. The van der Waals surface area contributed by atoms with Gasteiger partial charge in [0.25, 0.3) is 0 Å². The molecule has 172 valence electrons. The van der Waals surface area contributed by atoms with Gasteiger partial charge in [0.1, 0.15) is 37.5 Å². The molecule has 7 heteroatoms. The fraction of sp³-hybridized carbons (Fsp3) is 0.222. The number of carboxylic acid groups (broad SMARTS) is 1. The van der Waals surface area contributed by atoms with Crippen LogP contribution in [0.2, 0.25) is 0 Å². The Morgan fingerprint density at radius 1 is 1.00 bits per heavy atom. The second kappa shape index (κ2) is 10.5. The number of benzene rings is 3. The summed E-state index contributed by atoms with van der Waals surface area (Å²) in [7, 11) is 1.48. The summed E-state index contributed by atoms with van der Waals surface area (Å²) in [6.45, 7) is 7.68. The van der Waals surface area contributed by atoms with Crippen LogP contribution >= 0.6 is 0 Å². The van der Waals surface area contributed by atoms with Crippen LogP contribution in [0.1, 0.15) is 29.0 Å². The van der Waals surface area contributed by atoms with Crippen LogP contribution in [-0.2, 0) is 16.2 Å². The van der Waals surface area contributed by atoms with Gasteiger partial charge in [0.2, 0.25) is 0 Å². The SMILES string of the molecule is [C-]#[N+]c1ccc(/C(COc2ccc(COc3ccc(C4CC4C(=O)O)cc3)cc2)=N\OC)cc1. The summed E-state index contributed by atoms with van der Waals surface area (Å²) >= 11 is 0. The molecular formula is C27H24N2O5. The molecule has 2 atom stereocenters. The minimum Gasteiger partial charge on any atom is -0.489 e. The van der Waals surface area contributed by atoms with Crippen LogP contribution in [0.3, 0.4) is 0 Å². The average molecular weight is 456 g/mol. The number of rotatable bonds is 10. The molecule has 0 radical (unpaired) electrons. The van der Waals surface area contributed by atoms with Gasteiger partial charge in [-0.1, -0.05) is 53.7 Å². The lowest BCUT2D eigenvalue weighted by Gasteiger charge is -2.10. The lowest BCUT2D eigenvalue weighted by Crippen LogP contribution is -2.13. The molecule has 0 spiro atoms. The van der Waals surface area contributed by atoms with E-state index in [4.69, 9.17) is 26.0 Å². The van der Waals surface area contributed by atoms with Gasteiger partial charge in [-0.05, 0) is 47.7 Å². The second-order valence-electron chi connectivity index (χ2n) is 7.96. The lowest BCUT2D eigenvalue weighted by molar-refractivity contribution is -0.138. The highest BCUT2D eigenvalue weighted by Gasteiger charge is 2.44. The molecule has 0 saturated heterocycles.